The number of ether oxygens (including phenoxy) is 1. The molecule has 1 fully saturated rings. The number of piperidine rings is 1. The molecule has 1 aliphatic heterocycles. The number of aromatic nitrogens is 3. The third kappa shape index (κ3) is 6.56. The lowest BCUT2D eigenvalue weighted by atomic mass is 10.1. The molecule has 0 saturated carbocycles. The van der Waals surface area contributed by atoms with E-state index in [9.17, 15) is 18.0 Å². The third-order valence-electron chi connectivity index (χ3n) is 7.01. The zero-order valence-corrected chi connectivity index (χ0v) is 22.7. The highest BCUT2D eigenvalue weighted by Crippen LogP contribution is 2.35. The maximum Gasteiger partial charge on any atom is 0.417 e. The van der Waals surface area contributed by atoms with Crippen LogP contribution in [0.2, 0.25) is 5.02 Å². The second kappa shape index (κ2) is 11.9. The number of imidazole rings is 1. The fourth-order valence-corrected chi connectivity index (χ4v) is 5.09. The molecule has 0 radical (unpaired) electrons. The van der Waals surface area contributed by atoms with Gasteiger partial charge < -0.3 is 19.5 Å². The lowest BCUT2D eigenvalue weighted by molar-refractivity contribution is -0.137. The number of aryl methyl sites for hydroxylation is 1. The van der Waals surface area contributed by atoms with Crippen LogP contribution in [-0.4, -0.2) is 51.5 Å². The number of hydrogen-bond donors (Lipinski definition) is 1. The summed E-state index contributed by atoms with van der Waals surface area (Å²) in [7, 11) is 1.81. The lowest BCUT2D eigenvalue weighted by Gasteiger charge is -2.26. The standard InChI is InChI=1S/C29H29ClF3N5O2/c1-37-26-8-6-20(17-24(26)36-27(37)16-19-5-7-23(30)22(15-19)29(31,32)33)40-21-9-10-34-25(18-21)28(39)35-11-14-38-12-3-2-4-13-38/h5-10,15,17-18H,2-4,11-14,16H2,1H3,(H,35,39). The minimum absolute atomic E-state index is 0.197. The number of halogens is 4. The first-order valence-electron chi connectivity index (χ1n) is 13.1. The van der Waals surface area contributed by atoms with Gasteiger partial charge in [-0.3, -0.25) is 9.78 Å². The molecule has 3 heterocycles. The summed E-state index contributed by atoms with van der Waals surface area (Å²) in [6.07, 6.45) is 0.850. The predicted octanol–water partition coefficient (Wildman–Crippen LogP) is 6.24. The maximum atomic E-state index is 13.3. The van der Waals surface area contributed by atoms with Crippen LogP contribution in [0.25, 0.3) is 11.0 Å². The van der Waals surface area contributed by atoms with E-state index in [0.29, 0.717) is 34.9 Å². The fraction of sp³-hybridized carbons (Fsp3) is 0.345. The molecule has 0 aliphatic carbocycles. The molecule has 2 aromatic heterocycles. The maximum absolute atomic E-state index is 13.3. The van der Waals surface area contributed by atoms with E-state index in [1.807, 2.05) is 17.7 Å². The van der Waals surface area contributed by atoms with E-state index < -0.39 is 11.7 Å². The summed E-state index contributed by atoms with van der Waals surface area (Å²) >= 11 is 5.76. The second-order valence-corrected chi connectivity index (χ2v) is 10.3. The predicted molar refractivity (Wildman–Crippen MR) is 147 cm³/mol. The molecule has 0 atom stereocenters. The molecule has 4 aromatic rings. The summed E-state index contributed by atoms with van der Waals surface area (Å²) in [5.74, 6) is 1.29. The summed E-state index contributed by atoms with van der Waals surface area (Å²) in [6.45, 7) is 3.51. The molecule has 40 heavy (non-hydrogen) atoms. The summed E-state index contributed by atoms with van der Waals surface area (Å²) < 4.78 is 47.7. The van der Waals surface area contributed by atoms with Crippen molar-refractivity contribution < 1.29 is 22.7 Å². The van der Waals surface area contributed by atoms with Crippen LogP contribution >= 0.6 is 11.6 Å². The Morgan fingerprint density at radius 3 is 2.60 bits per heavy atom. The number of benzene rings is 2. The SMILES string of the molecule is Cn1c(Cc2ccc(Cl)c(C(F)(F)F)c2)nc2cc(Oc3ccnc(C(=O)NCCN4CCCCC4)c3)ccc21. The number of amides is 1. The Labute approximate surface area is 234 Å². The number of alkyl halides is 3. The van der Waals surface area contributed by atoms with Crippen molar-refractivity contribution in [3.63, 3.8) is 0 Å². The van der Waals surface area contributed by atoms with Gasteiger partial charge in [-0.1, -0.05) is 24.1 Å². The monoisotopic (exact) mass is 571 g/mol. The average Bonchev–Trinajstić information content (AvgIpc) is 3.23. The number of fused-ring (bicyclic) bond motifs is 1. The van der Waals surface area contributed by atoms with Gasteiger partial charge >= 0.3 is 6.18 Å². The molecule has 2 aromatic carbocycles. The molecular formula is C29H29ClF3N5O2. The number of likely N-dealkylation sites (tertiary alicyclic amines) is 1. The number of pyridine rings is 1. The van der Waals surface area contributed by atoms with E-state index in [1.54, 1.807) is 30.3 Å². The van der Waals surface area contributed by atoms with Crippen LogP contribution in [0.3, 0.4) is 0 Å². The van der Waals surface area contributed by atoms with Crippen molar-refractivity contribution in [1.29, 1.82) is 0 Å². The van der Waals surface area contributed by atoms with E-state index in [1.165, 1.54) is 31.5 Å². The molecule has 0 unspecified atom stereocenters. The van der Waals surface area contributed by atoms with Crippen LogP contribution in [-0.2, 0) is 19.6 Å². The molecule has 0 bridgehead atoms. The number of rotatable bonds is 8. The molecule has 11 heteroatoms. The van der Waals surface area contributed by atoms with Gasteiger partial charge in [-0.05, 0) is 61.8 Å². The second-order valence-electron chi connectivity index (χ2n) is 9.86. The van der Waals surface area contributed by atoms with Crippen molar-refractivity contribution in [2.45, 2.75) is 31.9 Å². The van der Waals surface area contributed by atoms with Gasteiger partial charge in [0.15, 0.2) is 0 Å². The first-order chi connectivity index (χ1) is 19.2. The van der Waals surface area contributed by atoms with Gasteiger partial charge in [0.05, 0.1) is 21.6 Å². The molecule has 0 spiro atoms. The summed E-state index contributed by atoms with van der Waals surface area (Å²) in [5, 5.41) is 2.59. The molecule has 7 nitrogen and oxygen atoms in total. The van der Waals surface area contributed by atoms with Crippen LogP contribution in [0.1, 0.15) is 46.7 Å². The fourth-order valence-electron chi connectivity index (χ4n) is 4.87. The summed E-state index contributed by atoms with van der Waals surface area (Å²) in [5.41, 5.74) is 1.28. The highest BCUT2D eigenvalue weighted by atomic mass is 35.5. The molecule has 1 aliphatic rings. The highest BCUT2D eigenvalue weighted by molar-refractivity contribution is 6.31. The van der Waals surface area contributed by atoms with E-state index >= 15 is 0 Å². The van der Waals surface area contributed by atoms with Crippen molar-refractivity contribution in [1.82, 2.24) is 24.8 Å². The Bertz CT molecular complexity index is 1520. The molecule has 1 amide bonds. The molecule has 210 valence electrons. The van der Waals surface area contributed by atoms with Gasteiger partial charge in [0.2, 0.25) is 0 Å². The Balaban J connectivity index is 1.26. The zero-order chi connectivity index (χ0) is 28.3. The Kier molecular flexibility index (Phi) is 8.27. The van der Waals surface area contributed by atoms with Crippen LogP contribution in [0.5, 0.6) is 11.5 Å². The number of nitrogens with zero attached hydrogens (tertiary/aromatic N) is 4. The first-order valence-corrected chi connectivity index (χ1v) is 13.5. The first kappa shape index (κ1) is 27.9. The molecule has 5 rings (SSSR count). The Hall–Kier alpha value is -3.63. The quantitative estimate of drug-likeness (QED) is 0.271. The number of nitrogens with one attached hydrogen (secondary N) is 1. The van der Waals surface area contributed by atoms with Crippen LogP contribution in [0, 0.1) is 0 Å². The average molecular weight is 572 g/mol. The smallest absolute Gasteiger partial charge is 0.417 e. The van der Waals surface area contributed by atoms with Gasteiger partial charge in [-0.25, -0.2) is 4.98 Å². The van der Waals surface area contributed by atoms with Crippen molar-refractivity contribution in [3.05, 3.63) is 82.4 Å². The van der Waals surface area contributed by atoms with Crippen molar-refractivity contribution >= 4 is 28.5 Å². The molecule has 1 N–H and O–H groups in total. The highest BCUT2D eigenvalue weighted by Gasteiger charge is 2.33. The van der Waals surface area contributed by atoms with Crippen LogP contribution in [0.15, 0.2) is 54.7 Å². The normalized spacial score (nSPS) is 14.4. The Morgan fingerprint density at radius 1 is 1.05 bits per heavy atom. The van der Waals surface area contributed by atoms with Crippen LogP contribution in [0.4, 0.5) is 13.2 Å². The minimum atomic E-state index is -4.54. The largest absolute Gasteiger partial charge is 0.457 e. The number of carbonyl (C=O) groups excluding carboxylic acids is 1. The van der Waals surface area contributed by atoms with Crippen molar-refractivity contribution in [3.8, 4) is 11.5 Å². The summed E-state index contributed by atoms with van der Waals surface area (Å²) in [6, 6.07) is 12.5. The van der Waals surface area contributed by atoms with Crippen LogP contribution < -0.4 is 10.1 Å². The van der Waals surface area contributed by atoms with Gasteiger partial charge in [-0.2, -0.15) is 13.2 Å². The minimum Gasteiger partial charge on any atom is -0.457 e. The third-order valence-corrected chi connectivity index (χ3v) is 7.33. The molecular weight excluding hydrogens is 543 g/mol. The number of carbonyl (C=O) groups is 1. The van der Waals surface area contributed by atoms with E-state index in [4.69, 9.17) is 16.3 Å². The van der Waals surface area contributed by atoms with Gasteiger partial charge in [-0.15, -0.1) is 0 Å². The summed E-state index contributed by atoms with van der Waals surface area (Å²) in [4.78, 5) is 23.8. The van der Waals surface area contributed by atoms with Crippen molar-refractivity contribution in [2.24, 2.45) is 7.05 Å². The lowest BCUT2D eigenvalue weighted by Crippen LogP contribution is -2.37. The van der Waals surface area contributed by atoms with Gasteiger partial charge in [0, 0.05) is 44.9 Å². The van der Waals surface area contributed by atoms with E-state index in [0.717, 1.165) is 31.2 Å². The topological polar surface area (TPSA) is 72.3 Å². The van der Waals surface area contributed by atoms with E-state index in [2.05, 4.69) is 20.2 Å². The zero-order valence-electron chi connectivity index (χ0n) is 22.0. The number of hydrogen-bond acceptors (Lipinski definition) is 5. The molecule has 1 saturated heterocycles. The van der Waals surface area contributed by atoms with Gasteiger partial charge in [0.1, 0.15) is 23.0 Å². The van der Waals surface area contributed by atoms with E-state index in [-0.39, 0.29) is 23.0 Å². The van der Waals surface area contributed by atoms with Crippen molar-refractivity contribution in [2.75, 3.05) is 26.2 Å². The van der Waals surface area contributed by atoms with Gasteiger partial charge in [0.25, 0.3) is 5.91 Å². The Morgan fingerprint density at radius 2 is 1.82 bits per heavy atom.